The Kier molecular flexibility index (Phi) is 6.53. The zero-order valence-corrected chi connectivity index (χ0v) is 14.0. The summed E-state index contributed by atoms with van der Waals surface area (Å²) in [4.78, 5) is 14.0. The van der Waals surface area contributed by atoms with Gasteiger partial charge in [0.2, 0.25) is 0 Å². The molecule has 4 nitrogen and oxygen atoms in total. The first-order valence-corrected chi connectivity index (χ1v) is 7.66. The van der Waals surface area contributed by atoms with Gasteiger partial charge in [-0.3, -0.25) is 0 Å². The van der Waals surface area contributed by atoms with Crippen molar-refractivity contribution in [3.05, 3.63) is 29.8 Å². The Morgan fingerprint density at radius 3 is 2.43 bits per heavy atom. The molecule has 1 aromatic rings. The summed E-state index contributed by atoms with van der Waals surface area (Å²) in [6.45, 7) is 13.6. The normalized spacial score (nSPS) is 11.1. The summed E-state index contributed by atoms with van der Waals surface area (Å²) in [5.41, 5.74) is 2.60. The molecule has 0 unspecified atom stereocenters. The molecule has 21 heavy (non-hydrogen) atoms. The lowest BCUT2D eigenvalue weighted by Crippen LogP contribution is -2.43. The Bertz CT molecular complexity index is 452. The van der Waals surface area contributed by atoms with E-state index in [9.17, 15) is 4.79 Å². The third-order valence-corrected chi connectivity index (χ3v) is 3.28. The highest BCUT2D eigenvalue weighted by Gasteiger charge is 2.12. The van der Waals surface area contributed by atoms with Gasteiger partial charge in [-0.2, -0.15) is 0 Å². The SMILES string of the molecule is CCN(CCNC(=O)NCC(C)(C)C)c1ccccc1C. The van der Waals surface area contributed by atoms with Crippen molar-refractivity contribution >= 4 is 11.7 Å². The molecule has 4 heteroatoms. The number of carbonyl (C=O) groups excluding carboxylic acids is 1. The van der Waals surface area contributed by atoms with Crippen molar-refractivity contribution in [3.8, 4) is 0 Å². The molecule has 0 bridgehead atoms. The molecule has 0 aliphatic rings. The van der Waals surface area contributed by atoms with Crippen LogP contribution in [-0.4, -0.2) is 32.2 Å². The van der Waals surface area contributed by atoms with E-state index in [0.717, 1.165) is 13.1 Å². The van der Waals surface area contributed by atoms with Crippen molar-refractivity contribution < 1.29 is 4.79 Å². The van der Waals surface area contributed by atoms with Gasteiger partial charge in [0.15, 0.2) is 0 Å². The van der Waals surface area contributed by atoms with Crippen molar-refractivity contribution in [2.45, 2.75) is 34.6 Å². The zero-order valence-electron chi connectivity index (χ0n) is 14.0. The van der Waals surface area contributed by atoms with Gasteiger partial charge in [-0.05, 0) is 30.9 Å². The Labute approximate surface area is 128 Å². The molecule has 0 atom stereocenters. The predicted molar refractivity (Wildman–Crippen MR) is 89.9 cm³/mol. The van der Waals surface area contributed by atoms with Crippen LogP contribution >= 0.6 is 0 Å². The second kappa shape index (κ2) is 7.91. The van der Waals surface area contributed by atoms with Crippen LogP contribution in [0.5, 0.6) is 0 Å². The van der Waals surface area contributed by atoms with Crippen LogP contribution in [-0.2, 0) is 0 Å². The molecule has 0 aliphatic carbocycles. The van der Waals surface area contributed by atoms with E-state index in [1.165, 1.54) is 11.3 Å². The highest BCUT2D eigenvalue weighted by atomic mass is 16.2. The molecule has 0 saturated heterocycles. The highest BCUT2D eigenvalue weighted by molar-refractivity contribution is 5.73. The molecule has 118 valence electrons. The van der Waals surface area contributed by atoms with E-state index in [1.54, 1.807) is 0 Å². The lowest BCUT2D eigenvalue weighted by Gasteiger charge is -2.25. The summed E-state index contributed by atoms with van der Waals surface area (Å²) in [7, 11) is 0. The number of rotatable bonds is 6. The molecular weight excluding hydrogens is 262 g/mol. The summed E-state index contributed by atoms with van der Waals surface area (Å²) in [5, 5.41) is 5.81. The molecule has 0 aliphatic heterocycles. The summed E-state index contributed by atoms with van der Waals surface area (Å²) >= 11 is 0. The number of urea groups is 1. The summed E-state index contributed by atoms with van der Waals surface area (Å²) in [6.07, 6.45) is 0. The zero-order chi connectivity index (χ0) is 15.9. The van der Waals surface area contributed by atoms with Crippen LogP contribution < -0.4 is 15.5 Å². The molecule has 0 saturated carbocycles. The van der Waals surface area contributed by atoms with Crippen molar-refractivity contribution in [1.29, 1.82) is 0 Å². The van der Waals surface area contributed by atoms with Crippen molar-refractivity contribution in [1.82, 2.24) is 10.6 Å². The number of nitrogens with zero attached hydrogens (tertiary/aromatic N) is 1. The van der Waals surface area contributed by atoms with Gasteiger partial charge in [-0.1, -0.05) is 39.0 Å². The second-order valence-electron chi connectivity index (χ2n) is 6.54. The molecule has 0 fully saturated rings. The van der Waals surface area contributed by atoms with Gasteiger partial charge in [0.1, 0.15) is 0 Å². The Morgan fingerprint density at radius 1 is 1.19 bits per heavy atom. The minimum atomic E-state index is -0.0919. The number of carbonyl (C=O) groups is 1. The quantitative estimate of drug-likeness (QED) is 0.845. The maximum Gasteiger partial charge on any atom is 0.314 e. The minimum Gasteiger partial charge on any atom is -0.370 e. The summed E-state index contributed by atoms with van der Waals surface area (Å²) in [6, 6.07) is 8.24. The number of likely N-dealkylation sites (N-methyl/N-ethyl adjacent to an activating group) is 1. The molecule has 2 amide bonds. The second-order valence-corrected chi connectivity index (χ2v) is 6.54. The fraction of sp³-hybridized carbons (Fsp3) is 0.588. The number of para-hydroxylation sites is 1. The van der Waals surface area contributed by atoms with Crippen LogP contribution in [0.3, 0.4) is 0 Å². The molecule has 1 aromatic carbocycles. The molecular formula is C17H29N3O. The van der Waals surface area contributed by atoms with E-state index in [1.807, 2.05) is 6.07 Å². The maximum atomic E-state index is 11.7. The van der Waals surface area contributed by atoms with Crippen molar-refractivity contribution in [3.63, 3.8) is 0 Å². The number of hydrogen-bond donors (Lipinski definition) is 2. The number of anilines is 1. The third-order valence-electron chi connectivity index (χ3n) is 3.28. The fourth-order valence-corrected chi connectivity index (χ4v) is 2.08. The number of amides is 2. The number of benzene rings is 1. The van der Waals surface area contributed by atoms with E-state index < -0.39 is 0 Å². The Balaban J connectivity index is 2.40. The fourth-order valence-electron chi connectivity index (χ4n) is 2.08. The molecule has 0 radical (unpaired) electrons. The Morgan fingerprint density at radius 2 is 1.86 bits per heavy atom. The summed E-state index contributed by atoms with van der Waals surface area (Å²) in [5.74, 6) is 0. The van der Waals surface area contributed by atoms with Gasteiger partial charge in [0.25, 0.3) is 0 Å². The van der Waals surface area contributed by atoms with Gasteiger partial charge >= 0.3 is 6.03 Å². The van der Waals surface area contributed by atoms with E-state index in [0.29, 0.717) is 13.1 Å². The number of nitrogens with one attached hydrogen (secondary N) is 2. The van der Waals surface area contributed by atoms with Crippen LogP contribution in [0.25, 0.3) is 0 Å². The Hall–Kier alpha value is -1.71. The van der Waals surface area contributed by atoms with Crippen molar-refractivity contribution in [2.75, 3.05) is 31.1 Å². The largest absolute Gasteiger partial charge is 0.370 e. The monoisotopic (exact) mass is 291 g/mol. The van der Waals surface area contributed by atoms with Gasteiger partial charge in [-0.15, -0.1) is 0 Å². The van der Waals surface area contributed by atoms with E-state index >= 15 is 0 Å². The minimum absolute atomic E-state index is 0.0919. The maximum absolute atomic E-state index is 11.7. The van der Waals surface area contributed by atoms with Gasteiger partial charge in [-0.25, -0.2) is 4.79 Å². The van der Waals surface area contributed by atoms with Gasteiger partial charge in [0.05, 0.1) is 0 Å². The lowest BCUT2D eigenvalue weighted by molar-refractivity contribution is 0.236. The molecule has 0 spiro atoms. The van der Waals surface area contributed by atoms with Crippen molar-refractivity contribution in [2.24, 2.45) is 5.41 Å². The van der Waals surface area contributed by atoms with Crippen LogP contribution in [0, 0.1) is 12.3 Å². The average molecular weight is 291 g/mol. The molecule has 0 aromatic heterocycles. The first-order valence-electron chi connectivity index (χ1n) is 7.66. The smallest absolute Gasteiger partial charge is 0.314 e. The van der Waals surface area contributed by atoms with E-state index in [-0.39, 0.29) is 11.4 Å². The number of aryl methyl sites for hydroxylation is 1. The first-order chi connectivity index (χ1) is 9.83. The standard InChI is InChI=1S/C17H29N3O/c1-6-20(15-10-8-7-9-14(15)2)12-11-18-16(21)19-13-17(3,4)5/h7-10H,6,11-13H2,1-5H3,(H2,18,19,21). The van der Waals surface area contributed by atoms with E-state index in [2.05, 4.69) is 68.4 Å². The van der Waals surface area contributed by atoms with Gasteiger partial charge in [0, 0.05) is 31.9 Å². The average Bonchev–Trinajstić information content (AvgIpc) is 2.42. The van der Waals surface area contributed by atoms with Crippen LogP contribution in [0.4, 0.5) is 10.5 Å². The highest BCUT2D eigenvalue weighted by Crippen LogP contribution is 2.18. The predicted octanol–water partition coefficient (Wildman–Crippen LogP) is 3.17. The van der Waals surface area contributed by atoms with Crippen LogP contribution in [0.15, 0.2) is 24.3 Å². The first kappa shape index (κ1) is 17.3. The van der Waals surface area contributed by atoms with Gasteiger partial charge < -0.3 is 15.5 Å². The summed E-state index contributed by atoms with van der Waals surface area (Å²) < 4.78 is 0. The third kappa shape index (κ3) is 6.52. The molecule has 2 N–H and O–H groups in total. The lowest BCUT2D eigenvalue weighted by atomic mass is 9.97. The molecule has 1 rings (SSSR count). The van der Waals surface area contributed by atoms with Crippen LogP contribution in [0.2, 0.25) is 0 Å². The molecule has 0 heterocycles. The number of hydrogen-bond acceptors (Lipinski definition) is 2. The van der Waals surface area contributed by atoms with Crippen LogP contribution in [0.1, 0.15) is 33.3 Å². The van der Waals surface area contributed by atoms with E-state index in [4.69, 9.17) is 0 Å². The topological polar surface area (TPSA) is 44.4 Å².